The van der Waals surface area contributed by atoms with Crippen molar-refractivity contribution < 1.29 is 4.42 Å². The molecule has 0 spiro atoms. The van der Waals surface area contributed by atoms with Crippen molar-refractivity contribution in [3.63, 3.8) is 0 Å². The summed E-state index contributed by atoms with van der Waals surface area (Å²) in [5.41, 5.74) is 5.33. The monoisotopic (exact) mass is 274 g/mol. The van der Waals surface area contributed by atoms with Crippen molar-refractivity contribution in [3.05, 3.63) is 78.4 Å². The molecule has 0 saturated heterocycles. The van der Waals surface area contributed by atoms with Gasteiger partial charge in [0, 0.05) is 16.3 Å². The Morgan fingerprint density at radius 2 is 1.76 bits per heavy atom. The van der Waals surface area contributed by atoms with E-state index in [2.05, 4.69) is 50.8 Å². The van der Waals surface area contributed by atoms with Crippen molar-refractivity contribution in [2.75, 3.05) is 0 Å². The molecule has 0 radical (unpaired) electrons. The lowest BCUT2D eigenvalue weighted by Gasteiger charge is -2.04. The lowest BCUT2D eigenvalue weighted by Crippen LogP contribution is -1.83. The molecular formula is C20H18O. The number of hydrogen-bond donors (Lipinski definition) is 0. The highest BCUT2D eigenvalue weighted by atomic mass is 16.3. The Hall–Kier alpha value is -2.54. The summed E-state index contributed by atoms with van der Waals surface area (Å²) in [6.07, 6.45) is 5.99. The van der Waals surface area contributed by atoms with Crippen molar-refractivity contribution in [2.24, 2.45) is 0 Å². The maximum absolute atomic E-state index is 6.09. The predicted octanol–water partition coefficient (Wildman–Crippen LogP) is 6.12. The van der Waals surface area contributed by atoms with E-state index in [9.17, 15) is 0 Å². The molecule has 0 N–H and O–H groups in total. The molecule has 0 saturated carbocycles. The second-order valence-corrected chi connectivity index (χ2v) is 5.36. The van der Waals surface area contributed by atoms with Crippen molar-refractivity contribution >= 4 is 27.5 Å². The van der Waals surface area contributed by atoms with Gasteiger partial charge in [-0.05, 0) is 25.5 Å². The molecular weight excluding hydrogens is 256 g/mol. The zero-order chi connectivity index (χ0) is 14.8. The molecule has 1 aromatic heterocycles. The number of rotatable bonds is 3. The molecule has 0 aliphatic rings. The Morgan fingerprint density at radius 1 is 1.00 bits per heavy atom. The minimum atomic E-state index is 0.926. The van der Waals surface area contributed by atoms with E-state index in [0.29, 0.717) is 0 Å². The third-order valence-electron chi connectivity index (χ3n) is 3.46. The summed E-state index contributed by atoms with van der Waals surface area (Å²) in [4.78, 5) is 0. The van der Waals surface area contributed by atoms with Crippen LogP contribution in [0.1, 0.15) is 19.4 Å². The summed E-state index contributed by atoms with van der Waals surface area (Å²) < 4.78 is 6.09. The summed E-state index contributed by atoms with van der Waals surface area (Å²) >= 11 is 0. The van der Waals surface area contributed by atoms with Crippen LogP contribution >= 0.6 is 0 Å². The summed E-state index contributed by atoms with van der Waals surface area (Å²) in [5.74, 6) is 0. The van der Waals surface area contributed by atoms with Gasteiger partial charge in [-0.25, -0.2) is 0 Å². The van der Waals surface area contributed by atoms with Crippen LogP contribution < -0.4 is 0 Å². The molecule has 3 aromatic rings. The third-order valence-corrected chi connectivity index (χ3v) is 3.46. The van der Waals surface area contributed by atoms with Crippen LogP contribution in [-0.4, -0.2) is 0 Å². The van der Waals surface area contributed by atoms with Gasteiger partial charge in [-0.3, -0.25) is 0 Å². The van der Waals surface area contributed by atoms with Crippen molar-refractivity contribution in [1.82, 2.24) is 0 Å². The van der Waals surface area contributed by atoms with Crippen molar-refractivity contribution in [2.45, 2.75) is 13.8 Å². The Balaban J connectivity index is 2.34. The van der Waals surface area contributed by atoms with E-state index in [0.717, 1.165) is 33.1 Å². The highest BCUT2D eigenvalue weighted by molar-refractivity contribution is 6.08. The molecule has 21 heavy (non-hydrogen) atoms. The second-order valence-electron chi connectivity index (χ2n) is 5.36. The molecule has 0 unspecified atom stereocenters. The first-order valence-corrected chi connectivity index (χ1v) is 7.09. The van der Waals surface area contributed by atoms with Crippen molar-refractivity contribution in [1.29, 1.82) is 0 Å². The zero-order valence-corrected chi connectivity index (χ0v) is 12.4. The lowest BCUT2D eigenvalue weighted by atomic mass is 10.0. The van der Waals surface area contributed by atoms with Gasteiger partial charge in [0.2, 0.25) is 0 Å². The van der Waals surface area contributed by atoms with E-state index >= 15 is 0 Å². The summed E-state index contributed by atoms with van der Waals surface area (Å²) in [6, 6.07) is 14.4. The van der Waals surface area contributed by atoms with Crippen LogP contribution in [0.5, 0.6) is 0 Å². The van der Waals surface area contributed by atoms with E-state index in [1.54, 1.807) is 0 Å². The first-order chi connectivity index (χ1) is 10.2. The standard InChI is InChI=1S/C20H18O/c1-4-8-15(13-14(2)3)16-10-7-11-18-17-9-5-6-12-19(17)21-20(16)18/h4-13H,1H2,2-3H3/b15-8+. The van der Waals surface area contributed by atoms with Crippen LogP contribution in [0.15, 0.2) is 77.3 Å². The molecule has 2 aromatic carbocycles. The Labute approximate surface area is 124 Å². The molecule has 0 aliphatic heterocycles. The molecule has 0 amide bonds. The van der Waals surface area contributed by atoms with Gasteiger partial charge < -0.3 is 4.42 Å². The lowest BCUT2D eigenvalue weighted by molar-refractivity contribution is 0.668. The number of hydrogen-bond acceptors (Lipinski definition) is 1. The average Bonchev–Trinajstić information content (AvgIpc) is 2.85. The van der Waals surface area contributed by atoms with Crippen LogP contribution in [0.4, 0.5) is 0 Å². The molecule has 0 fully saturated rings. The van der Waals surface area contributed by atoms with Gasteiger partial charge in [0.1, 0.15) is 11.2 Å². The van der Waals surface area contributed by atoms with Gasteiger partial charge >= 0.3 is 0 Å². The van der Waals surface area contributed by atoms with Crippen LogP contribution in [0.2, 0.25) is 0 Å². The molecule has 3 rings (SSSR count). The van der Waals surface area contributed by atoms with E-state index in [1.165, 1.54) is 5.57 Å². The number of allylic oxidation sites excluding steroid dienone is 5. The van der Waals surface area contributed by atoms with Gasteiger partial charge in [-0.2, -0.15) is 0 Å². The van der Waals surface area contributed by atoms with Crippen LogP contribution in [-0.2, 0) is 0 Å². The normalized spacial score (nSPS) is 11.8. The molecule has 1 nitrogen and oxygen atoms in total. The van der Waals surface area contributed by atoms with Crippen LogP contribution in [0, 0.1) is 0 Å². The third kappa shape index (κ3) is 2.43. The maximum Gasteiger partial charge on any atom is 0.143 e. The van der Waals surface area contributed by atoms with Gasteiger partial charge in [0.15, 0.2) is 0 Å². The van der Waals surface area contributed by atoms with Crippen molar-refractivity contribution in [3.8, 4) is 0 Å². The molecule has 0 atom stereocenters. The number of fused-ring (bicyclic) bond motifs is 3. The first-order valence-electron chi connectivity index (χ1n) is 7.09. The Morgan fingerprint density at radius 3 is 2.52 bits per heavy atom. The van der Waals surface area contributed by atoms with Gasteiger partial charge in [0.25, 0.3) is 0 Å². The smallest absolute Gasteiger partial charge is 0.143 e. The fourth-order valence-electron chi connectivity index (χ4n) is 2.63. The van der Waals surface area contributed by atoms with E-state index in [1.807, 2.05) is 30.4 Å². The highest BCUT2D eigenvalue weighted by Crippen LogP contribution is 2.34. The molecule has 1 heterocycles. The fourth-order valence-corrected chi connectivity index (χ4v) is 2.63. The summed E-state index contributed by atoms with van der Waals surface area (Å²) in [7, 11) is 0. The second kappa shape index (κ2) is 5.45. The van der Waals surface area contributed by atoms with E-state index in [4.69, 9.17) is 4.42 Å². The number of para-hydroxylation sites is 2. The molecule has 0 bridgehead atoms. The summed E-state index contributed by atoms with van der Waals surface area (Å²) in [5, 5.41) is 2.31. The van der Waals surface area contributed by atoms with Gasteiger partial charge in [0.05, 0.1) is 0 Å². The summed E-state index contributed by atoms with van der Waals surface area (Å²) in [6.45, 7) is 8.01. The minimum Gasteiger partial charge on any atom is -0.455 e. The molecule has 104 valence electrons. The molecule has 1 heteroatoms. The average molecular weight is 274 g/mol. The SMILES string of the molecule is C=C/C=C(\C=C(C)C)c1cccc2c1oc1ccccc12. The number of benzene rings is 2. The minimum absolute atomic E-state index is 0.926. The quantitative estimate of drug-likeness (QED) is 0.524. The topological polar surface area (TPSA) is 13.1 Å². The first kappa shape index (κ1) is 13.4. The van der Waals surface area contributed by atoms with Crippen LogP contribution in [0.25, 0.3) is 27.5 Å². The van der Waals surface area contributed by atoms with Gasteiger partial charge in [-0.1, -0.05) is 66.8 Å². The Kier molecular flexibility index (Phi) is 3.49. The highest BCUT2D eigenvalue weighted by Gasteiger charge is 2.11. The van der Waals surface area contributed by atoms with E-state index < -0.39 is 0 Å². The maximum atomic E-state index is 6.09. The van der Waals surface area contributed by atoms with Crippen LogP contribution in [0.3, 0.4) is 0 Å². The Bertz CT molecular complexity index is 871. The molecule has 0 aliphatic carbocycles. The fraction of sp³-hybridized carbons (Fsp3) is 0.100. The zero-order valence-electron chi connectivity index (χ0n) is 12.4. The largest absolute Gasteiger partial charge is 0.455 e. The van der Waals surface area contributed by atoms with Gasteiger partial charge in [-0.15, -0.1) is 0 Å². The van der Waals surface area contributed by atoms with E-state index in [-0.39, 0.29) is 0 Å². The predicted molar refractivity (Wildman–Crippen MR) is 91.3 cm³/mol. The number of furan rings is 1.